The Balaban J connectivity index is 1.51. The van der Waals surface area contributed by atoms with E-state index in [0.717, 1.165) is 34.4 Å². The molecule has 8 heteroatoms. The Morgan fingerprint density at radius 3 is 2.47 bits per heavy atom. The van der Waals surface area contributed by atoms with Crippen LogP contribution in [0.25, 0.3) is 0 Å². The lowest BCUT2D eigenvalue weighted by molar-refractivity contribution is -0.120. The molecule has 2 aliphatic heterocycles. The van der Waals surface area contributed by atoms with Gasteiger partial charge in [0.1, 0.15) is 5.60 Å². The molecule has 5 rings (SSSR count). The van der Waals surface area contributed by atoms with E-state index in [-0.39, 0.29) is 17.2 Å². The molecular formula is C30H30N4O4. The Bertz CT molecular complexity index is 1460. The molecule has 2 N–H and O–H groups in total. The molecule has 0 unspecified atom stereocenters. The highest BCUT2D eigenvalue weighted by Gasteiger charge is 2.37. The standard InChI is InChI=1S/C30H30N4O4/c1-18-16-20-14-15-34-25(20)22(17-18)24(19-10-6-5-7-11-19)32-26(28(34)36)33-27(35)21-12-8-9-13-23(21)31-29(37)38-30(2,3)4/h5-13,16-17,26H,14-15H2,1-4H3,(H,31,37)(H,33,35)/t26-/m0/s1. The molecule has 0 fully saturated rings. The number of aryl methyl sites for hydroxylation is 1. The molecule has 0 radical (unpaired) electrons. The predicted molar refractivity (Wildman–Crippen MR) is 147 cm³/mol. The van der Waals surface area contributed by atoms with Crippen molar-refractivity contribution in [3.8, 4) is 0 Å². The van der Waals surface area contributed by atoms with Crippen molar-refractivity contribution in [3.63, 3.8) is 0 Å². The molecule has 0 aliphatic carbocycles. The van der Waals surface area contributed by atoms with Crippen LogP contribution >= 0.6 is 0 Å². The van der Waals surface area contributed by atoms with Gasteiger partial charge in [-0.25, -0.2) is 9.79 Å². The fourth-order valence-electron chi connectivity index (χ4n) is 4.84. The second-order valence-corrected chi connectivity index (χ2v) is 10.5. The first-order valence-electron chi connectivity index (χ1n) is 12.6. The maximum atomic E-state index is 13.7. The molecule has 3 aromatic carbocycles. The zero-order valence-electron chi connectivity index (χ0n) is 21.9. The first-order chi connectivity index (χ1) is 18.1. The van der Waals surface area contributed by atoms with Crippen LogP contribution < -0.4 is 15.5 Å². The first kappa shape index (κ1) is 25.2. The van der Waals surface area contributed by atoms with Crippen molar-refractivity contribution in [3.05, 3.63) is 94.5 Å². The summed E-state index contributed by atoms with van der Waals surface area (Å²) in [4.78, 5) is 46.2. The average Bonchev–Trinajstić information content (AvgIpc) is 3.24. The van der Waals surface area contributed by atoms with Crippen LogP contribution in [0, 0.1) is 6.92 Å². The Morgan fingerprint density at radius 2 is 1.74 bits per heavy atom. The van der Waals surface area contributed by atoms with Crippen LogP contribution in [0.2, 0.25) is 0 Å². The van der Waals surface area contributed by atoms with Crippen molar-refractivity contribution in [2.24, 2.45) is 4.99 Å². The summed E-state index contributed by atoms with van der Waals surface area (Å²) in [5.74, 6) is -0.835. The van der Waals surface area contributed by atoms with Crippen LogP contribution in [0.3, 0.4) is 0 Å². The summed E-state index contributed by atoms with van der Waals surface area (Å²) in [6, 6.07) is 20.4. The van der Waals surface area contributed by atoms with Crippen LogP contribution in [0.1, 0.15) is 53.4 Å². The van der Waals surface area contributed by atoms with Gasteiger partial charge < -0.3 is 15.0 Å². The van der Waals surface area contributed by atoms with Crippen molar-refractivity contribution >= 4 is 35.0 Å². The molecule has 0 bridgehead atoms. The second-order valence-electron chi connectivity index (χ2n) is 10.5. The Kier molecular flexibility index (Phi) is 6.48. The molecule has 2 heterocycles. The third-order valence-electron chi connectivity index (χ3n) is 6.34. The fourth-order valence-corrected chi connectivity index (χ4v) is 4.84. The first-order valence-corrected chi connectivity index (χ1v) is 12.6. The molecular weight excluding hydrogens is 480 g/mol. The number of aliphatic imine (C=N–C) groups is 1. The summed E-state index contributed by atoms with van der Waals surface area (Å²) in [6.45, 7) is 7.82. The molecule has 194 valence electrons. The van der Waals surface area contributed by atoms with Crippen molar-refractivity contribution in [1.82, 2.24) is 5.32 Å². The van der Waals surface area contributed by atoms with Gasteiger partial charge in [0.25, 0.3) is 11.8 Å². The summed E-state index contributed by atoms with van der Waals surface area (Å²) in [6.07, 6.45) is -1.09. The monoisotopic (exact) mass is 510 g/mol. The zero-order valence-corrected chi connectivity index (χ0v) is 21.9. The predicted octanol–water partition coefficient (Wildman–Crippen LogP) is 4.84. The lowest BCUT2D eigenvalue weighted by Gasteiger charge is -2.22. The summed E-state index contributed by atoms with van der Waals surface area (Å²) < 4.78 is 5.34. The molecule has 0 spiro atoms. The topological polar surface area (TPSA) is 100 Å². The van der Waals surface area contributed by atoms with Gasteiger partial charge in [-0.15, -0.1) is 0 Å². The molecule has 0 saturated carbocycles. The van der Waals surface area contributed by atoms with E-state index >= 15 is 0 Å². The smallest absolute Gasteiger partial charge is 0.412 e. The van der Waals surface area contributed by atoms with Gasteiger partial charge in [0.15, 0.2) is 0 Å². The summed E-state index contributed by atoms with van der Waals surface area (Å²) >= 11 is 0. The minimum atomic E-state index is -1.15. The SMILES string of the molecule is Cc1cc2c3c(c1)C(c1ccccc1)=N[C@@H](NC(=O)c1ccccc1NC(=O)OC(C)(C)C)C(=O)N3CC2. The second kappa shape index (κ2) is 9.78. The van der Waals surface area contributed by atoms with Crippen LogP contribution in [-0.4, -0.2) is 41.9 Å². The number of anilines is 2. The van der Waals surface area contributed by atoms with Crippen molar-refractivity contribution in [2.75, 3.05) is 16.8 Å². The normalized spacial score (nSPS) is 16.3. The fraction of sp³-hybridized carbons (Fsp3) is 0.267. The number of hydrogen-bond donors (Lipinski definition) is 2. The van der Waals surface area contributed by atoms with Gasteiger partial charge >= 0.3 is 6.09 Å². The molecule has 2 aliphatic rings. The van der Waals surface area contributed by atoms with Crippen LogP contribution in [0.15, 0.2) is 71.7 Å². The highest BCUT2D eigenvalue weighted by atomic mass is 16.6. The average molecular weight is 511 g/mol. The van der Waals surface area contributed by atoms with Gasteiger partial charge in [-0.3, -0.25) is 14.9 Å². The van der Waals surface area contributed by atoms with Crippen LogP contribution in [-0.2, 0) is 16.0 Å². The van der Waals surface area contributed by atoms with Crippen molar-refractivity contribution in [2.45, 2.75) is 45.9 Å². The van der Waals surface area contributed by atoms with Gasteiger partial charge in [-0.1, -0.05) is 54.1 Å². The van der Waals surface area contributed by atoms with Gasteiger partial charge in [-0.2, -0.15) is 0 Å². The minimum absolute atomic E-state index is 0.197. The number of ether oxygens (including phenoxy) is 1. The Hall–Kier alpha value is -4.46. The van der Waals surface area contributed by atoms with E-state index in [1.807, 2.05) is 43.3 Å². The van der Waals surface area contributed by atoms with E-state index in [1.54, 1.807) is 49.9 Å². The third kappa shape index (κ3) is 5.02. The molecule has 1 atom stereocenters. The van der Waals surface area contributed by atoms with Gasteiger partial charge in [-0.05, 0) is 57.9 Å². The molecule has 0 saturated heterocycles. The number of carbonyl (C=O) groups is 3. The molecule has 0 aromatic heterocycles. The number of nitrogens with zero attached hydrogens (tertiary/aromatic N) is 2. The number of nitrogens with one attached hydrogen (secondary N) is 2. The van der Waals surface area contributed by atoms with Gasteiger partial charge in [0.2, 0.25) is 6.17 Å². The van der Waals surface area contributed by atoms with Gasteiger partial charge in [0.05, 0.1) is 22.6 Å². The zero-order chi connectivity index (χ0) is 27.0. The van der Waals surface area contributed by atoms with Crippen LogP contribution in [0.5, 0.6) is 0 Å². The molecule has 38 heavy (non-hydrogen) atoms. The number of hydrogen-bond acceptors (Lipinski definition) is 5. The number of carbonyl (C=O) groups excluding carboxylic acids is 3. The quantitative estimate of drug-likeness (QED) is 0.525. The maximum Gasteiger partial charge on any atom is 0.412 e. The number of para-hydroxylation sites is 1. The van der Waals surface area contributed by atoms with Crippen molar-refractivity contribution < 1.29 is 19.1 Å². The summed E-state index contributed by atoms with van der Waals surface area (Å²) in [5, 5.41) is 5.45. The molecule has 3 aromatic rings. The minimum Gasteiger partial charge on any atom is -0.444 e. The third-order valence-corrected chi connectivity index (χ3v) is 6.34. The van der Waals surface area contributed by atoms with E-state index in [9.17, 15) is 14.4 Å². The molecule has 8 nitrogen and oxygen atoms in total. The highest BCUT2D eigenvalue weighted by molar-refractivity contribution is 6.21. The Labute approximate surface area is 221 Å². The largest absolute Gasteiger partial charge is 0.444 e. The van der Waals surface area contributed by atoms with E-state index in [4.69, 9.17) is 9.73 Å². The van der Waals surface area contributed by atoms with Crippen LogP contribution in [0.4, 0.5) is 16.2 Å². The van der Waals surface area contributed by atoms with E-state index < -0.39 is 23.8 Å². The maximum absolute atomic E-state index is 13.7. The number of amides is 3. The van der Waals surface area contributed by atoms with Crippen molar-refractivity contribution in [1.29, 1.82) is 0 Å². The van der Waals surface area contributed by atoms with E-state index in [0.29, 0.717) is 12.3 Å². The van der Waals surface area contributed by atoms with E-state index in [1.165, 1.54) is 0 Å². The highest BCUT2D eigenvalue weighted by Crippen LogP contribution is 2.37. The Morgan fingerprint density at radius 1 is 1.03 bits per heavy atom. The van der Waals surface area contributed by atoms with Gasteiger partial charge in [0, 0.05) is 17.7 Å². The summed E-state index contributed by atoms with van der Waals surface area (Å²) in [5.41, 5.74) is 5.18. The summed E-state index contributed by atoms with van der Waals surface area (Å²) in [7, 11) is 0. The number of rotatable bonds is 4. The van der Waals surface area contributed by atoms with E-state index in [2.05, 4.69) is 16.7 Å². The molecule has 3 amide bonds. The lowest BCUT2D eigenvalue weighted by Crippen LogP contribution is -2.47. The lowest BCUT2D eigenvalue weighted by atomic mass is 9.96. The number of benzene rings is 3.